The van der Waals surface area contributed by atoms with Gasteiger partial charge >= 0.3 is 0 Å². The van der Waals surface area contributed by atoms with Crippen LogP contribution in [-0.2, 0) is 9.59 Å². The predicted molar refractivity (Wildman–Crippen MR) is 148 cm³/mol. The van der Waals surface area contributed by atoms with Crippen LogP contribution in [0.4, 0.5) is 10.2 Å². The van der Waals surface area contributed by atoms with Gasteiger partial charge in [-0.3, -0.25) is 14.5 Å². The van der Waals surface area contributed by atoms with Crippen LogP contribution in [0.3, 0.4) is 0 Å². The maximum absolute atomic E-state index is 14.4. The van der Waals surface area contributed by atoms with Crippen molar-refractivity contribution in [3.63, 3.8) is 0 Å². The molecule has 1 aromatic heterocycles. The minimum atomic E-state index is -0.365. The van der Waals surface area contributed by atoms with Gasteiger partial charge in [-0.2, -0.15) is 5.10 Å². The number of halogens is 1. The minimum absolute atomic E-state index is 0.107. The Morgan fingerprint density at radius 2 is 1.82 bits per heavy atom. The van der Waals surface area contributed by atoms with E-state index in [9.17, 15) is 14.0 Å². The molecular formula is C30H27FN4O2S. The van der Waals surface area contributed by atoms with E-state index in [2.05, 4.69) is 5.32 Å². The van der Waals surface area contributed by atoms with E-state index in [4.69, 9.17) is 5.10 Å². The molecule has 2 amide bonds. The Morgan fingerprint density at radius 1 is 1.05 bits per heavy atom. The zero-order chi connectivity index (χ0) is 26.2. The maximum atomic E-state index is 14.4. The summed E-state index contributed by atoms with van der Waals surface area (Å²) in [6.45, 7) is 1.90. The number of aryl methyl sites for hydroxylation is 1. The van der Waals surface area contributed by atoms with Gasteiger partial charge in [-0.15, -0.1) is 11.8 Å². The summed E-state index contributed by atoms with van der Waals surface area (Å²) in [6, 6.07) is 24.4. The van der Waals surface area contributed by atoms with Crippen LogP contribution >= 0.6 is 11.8 Å². The number of benzene rings is 3. The highest BCUT2D eigenvalue weighted by atomic mass is 32.2. The smallest absolute Gasteiger partial charge is 0.240 e. The van der Waals surface area contributed by atoms with Crippen LogP contribution in [0.2, 0.25) is 0 Å². The van der Waals surface area contributed by atoms with Gasteiger partial charge < -0.3 is 5.32 Å². The monoisotopic (exact) mass is 526 g/mol. The van der Waals surface area contributed by atoms with Gasteiger partial charge in [0, 0.05) is 17.2 Å². The van der Waals surface area contributed by atoms with E-state index in [1.807, 2.05) is 67.6 Å². The molecule has 0 spiro atoms. The highest BCUT2D eigenvalue weighted by Gasteiger charge is 2.38. The molecule has 38 heavy (non-hydrogen) atoms. The second-order valence-corrected chi connectivity index (χ2v) is 10.9. The molecule has 1 N–H and O–H groups in total. The zero-order valence-electron chi connectivity index (χ0n) is 20.9. The molecule has 1 atom stereocenters. The molecule has 1 fully saturated rings. The van der Waals surface area contributed by atoms with E-state index in [0.29, 0.717) is 11.5 Å². The number of aromatic nitrogens is 2. The molecule has 0 bridgehead atoms. The van der Waals surface area contributed by atoms with Crippen molar-refractivity contribution in [2.45, 2.75) is 31.1 Å². The third-order valence-electron chi connectivity index (χ3n) is 6.81. The van der Waals surface area contributed by atoms with Crippen LogP contribution in [0.5, 0.6) is 0 Å². The summed E-state index contributed by atoms with van der Waals surface area (Å²) in [4.78, 5) is 28.2. The highest BCUT2D eigenvalue weighted by molar-refractivity contribution is 8.00. The molecule has 0 radical (unpaired) electrons. The Kier molecular flexibility index (Phi) is 6.49. The first-order valence-corrected chi connectivity index (χ1v) is 13.7. The van der Waals surface area contributed by atoms with Crippen molar-refractivity contribution < 1.29 is 14.0 Å². The van der Waals surface area contributed by atoms with Crippen LogP contribution in [0, 0.1) is 12.7 Å². The number of rotatable bonds is 6. The number of hydrogen-bond donors (Lipinski definition) is 1. The topological polar surface area (TPSA) is 67.2 Å². The van der Waals surface area contributed by atoms with Crippen LogP contribution in [-0.4, -0.2) is 39.9 Å². The van der Waals surface area contributed by atoms with Crippen LogP contribution in [0.15, 0.2) is 78.9 Å². The van der Waals surface area contributed by atoms with Crippen molar-refractivity contribution in [2.24, 2.45) is 0 Å². The van der Waals surface area contributed by atoms with Gasteiger partial charge in [-0.25, -0.2) is 9.07 Å². The van der Waals surface area contributed by atoms with E-state index in [-0.39, 0.29) is 41.2 Å². The summed E-state index contributed by atoms with van der Waals surface area (Å²) in [6.07, 6.45) is 1.92. The number of carbonyl (C=O) groups excluding carboxylic acids is 2. The molecule has 192 valence electrons. The lowest BCUT2D eigenvalue weighted by Gasteiger charge is -2.23. The normalized spacial score (nSPS) is 17.2. The fraction of sp³-hybridized carbons (Fsp3) is 0.233. The Balaban J connectivity index is 1.60. The van der Waals surface area contributed by atoms with Crippen molar-refractivity contribution in [3.8, 4) is 16.9 Å². The maximum Gasteiger partial charge on any atom is 0.240 e. The fourth-order valence-corrected chi connectivity index (χ4v) is 5.96. The molecule has 1 unspecified atom stereocenters. The Hall–Kier alpha value is -3.91. The predicted octanol–water partition coefficient (Wildman–Crippen LogP) is 5.43. The van der Waals surface area contributed by atoms with E-state index in [0.717, 1.165) is 40.8 Å². The molecule has 2 heterocycles. The summed E-state index contributed by atoms with van der Waals surface area (Å²) in [5.74, 6) is -0.0294. The average Bonchev–Trinajstić information content (AvgIpc) is 3.67. The SMILES string of the molecule is Cc1ccc(-n2nc(-c3ccccc3)c3c2N(CC(=O)NC2CC2)C(=O)CSC3c2cccc(F)c2)cc1. The van der Waals surface area contributed by atoms with Crippen molar-refractivity contribution in [2.75, 3.05) is 17.2 Å². The van der Waals surface area contributed by atoms with Gasteiger partial charge in [0.2, 0.25) is 11.8 Å². The van der Waals surface area contributed by atoms with E-state index >= 15 is 0 Å². The summed E-state index contributed by atoms with van der Waals surface area (Å²) >= 11 is 1.43. The Labute approximate surface area is 224 Å². The standard InChI is InChI=1S/C30H27FN4O2S/c1-19-10-14-24(15-11-19)35-30-27(28(33-35)20-6-3-2-4-7-20)29(21-8-5-9-22(31)16-21)38-18-26(37)34(30)17-25(36)32-23-12-13-23/h2-11,14-16,23,29H,12-13,17-18H2,1H3,(H,32,36). The molecule has 3 aromatic carbocycles. The van der Waals surface area contributed by atoms with Gasteiger partial charge in [0.1, 0.15) is 18.2 Å². The van der Waals surface area contributed by atoms with Crippen LogP contribution in [0.25, 0.3) is 16.9 Å². The number of carbonyl (C=O) groups is 2. The number of thioether (sulfide) groups is 1. The number of hydrogen-bond acceptors (Lipinski definition) is 4. The van der Waals surface area contributed by atoms with Crippen molar-refractivity contribution in [1.82, 2.24) is 15.1 Å². The number of nitrogens with zero attached hydrogens (tertiary/aromatic N) is 3. The van der Waals surface area contributed by atoms with E-state index in [1.54, 1.807) is 15.6 Å². The Morgan fingerprint density at radius 3 is 2.53 bits per heavy atom. The molecule has 2 aliphatic rings. The lowest BCUT2D eigenvalue weighted by atomic mass is 9.99. The molecule has 8 heteroatoms. The van der Waals surface area contributed by atoms with Gasteiger partial charge in [0.05, 0.1) is 22.4 Å². The quantitative estimate of drug-likeness (QED) is 0.364. The lowest BCUT2D eigenvalue weighted by molar-refractivity contribution is -0.123. The van der Waals surface area contributed by atoms with Crippen molar-refractivity contribution in [3.05, 3.63) is 101 Å². The summed E-state index contributed by atoms with van der Waals surface area (Å²) < 4.78 is 16.2. The lowest BCUT2D eigenvalue weighted by Crippen LogP contribution is -2.43. The minimum Gasteiger partial charge on any atom is -0.352 e. The molecular weight excluding hydrogens is 499 g/mol. The zero-order valence-corrected chi connectivity index (χ0v) is 21.7. The van der Waals surface area contributed by atoms with E-state index < -0.39 is 0 Å². The molecule has 0 saturated heterocycles. The first-order valence-electron chi connectivity index (χ1n) is 12.7. The first kappa shape index (κ1) is 24.4. The first-order chi connectivity index (χ1) is 18.5. The van der Waals surface area contributed by atoms with Gasteiger partial charge in [-0.05, 0) is 49.6 Å². The van der Waals surface area contributed by atoms with E-state index in [1.165, 1.54) is 23.9 Å². The number of nitrogens with one attached hydrogen (secondary N) is 1. The third kappa shape index (κ3) is 4.84. The number of fused-ring (bicyclic) bond motifs is 1. The third-order valence-corrected chi connectivity index (χ3v) is 8.07. The van der Waals surface area contributed by atoms with Crippen molar-refractivity contribution in [1.29, 1.82) is 0 Å². The Bertz CT molecular complexity index is 1500. The number of anilines is 1. The van der Waals surface area contributed by atoms with Gasteiger partial charge in [0.15, 0.2) is 0 Å². The van der Waals surface area contributed by atoms with Gasteiger partial charge in [0.25, 0.3) is 0 Å². The molecule has 1 aliphatic heterocycles. The molecule has 4 aromatic rings. The second-order valence-electron chi connectivity index (χ2n) is 9.77. The summed E-state index contributed by atoms with van der Waals surface area (Å²) in [5, 5.41) is 7.70. The second kappa shape index (κ2) is 10.1. The molecule has 6 nitrogen and oxygen atoms in total. The van der Waals surface area contributed by atoms with Crippen molar-refractivity contribution >= 4 is 29.4 Å². The largest absolute Gasteiger partial charge is 0.352 e. The molecule has 1 saturated carbocycles. The van der Waals surface area contributed by atoms with Crippen LogP contribution in [0.1, 0.15) is 34.8 Å². The summed E-state index contributed by atoms with van der Waals surface area (Å²) in [7, 11) is 0. The fourth-order valence-electron chi connectivity index (χ4n) is 4.77. The average molecular weight is 527 g/mol. The molecule has 6 rings (SSSR count). The molecule has 1 aliphatic carbocycles. The number of amides is 2. The highest BCUT2D eigenvalue weighted by Crippen LogP contribution is 2.48. The summed E-state index contributed by atoms with van der Waals surface area (Å²) in [5.41, 5.74) is 4.99. The van der Waals surface area contributed by atoms with Gasteiger partial charge in [-0.1, -0.05) is 60.2 Å². The van der Waals surface area contributed by atoms with Crippen LogP contribution < -0.4 is 10.2 Å².